The van der Waals surface area contributed by atoms with Crippen LogP contribution in [0.25, 0.3) is 16.9 Å². The molecule has 0 unspecified atom stereocenters. The molecule has 1 N–H and O–H groups in total. The number of rotatable bonds is 3. The van der Waals surface area contributed by atoms with Crippen LogP contribution in [0, 0.1) is 6.92 Å². The van der Waals surface area contributed by atoms with Crippen LogP contribution in [0.5, 0.6) is 0 Å². The van der Waals surface area contributed by atoms with E-state index in [0.29, 0.717) is 17.9 Å². The zero-order valence-electron chi connectivity index (χ0n) is 16.5. The lowest BCUT2D eigenvalue weighted by Crippen LogP contribution is -2.54. The van der Waals surface area contributed by atoms with Crippen molar-refractivity contribution in [2.24, 2.45) is 0 Å². The van der Waals surface area contributed by atoms with E-state index in [9.17, 15) is 0 Å². The van der Waals surface area contributed by atoms with Gasteiger partial charge in [0.2, 0.25) is 0 Å². The summed E-state index contributed by atoms with van der Waals surface area (Å²) in [6.07, 6.45) is 4.18. The van der Waals surface area contributed by atoms with Crippen LogP contribution in [0.2, 0.25) is 0 Å². The van der Waals surface area contributed by atoms with E-state index in [0.717, 1.165) is 61.9 Å². The Hall–Kier alpha value is -1.97. The number of piperazine rings is 1. The van der Waals surface area contributed by atoms with Crippen LogP contribution in [0.3, 0.4) is 0 Å². The standard InChI is InChI=1S/C18H26N8O.ClH/c1-11-8-24(12(2)7-19-11)16-15-17(26-10-20-23-18(26)22-16)25(13(3)21-15)9-14-5-4-6-27-14;/h10-12,14,19H,4-9H2,1-3H3;1H/t11-,12+,14+;/m1./s1. The molecule has 9 nitrogen and oxygen atoms in total. The first kappa shape index (κ1) is 19.4. The molecular formula is C18H27ClN8O. The fourth-order valence-corrected chi connectivity index (χ4v) is 4.28. The van der Waals surface area contributed by atoms with E-state index in [4.69, 9.17) is 14.7 Å². The van der Waals surface area contributed by atoms with Gasteiger partial charge in [-0.3, -0.25) is 0 Å². The number of ether oxygens (including phenoxy) is 1. The number of fused-ring (bicyclic) bond motifs is 3. The number of aromatic nitrogens is 6. The van der Waals surface area contributed by atoms with E-state index in [2.05, 4.69) is 45.8 Å². The van der Waals surface area contributed by atoms with Crippen molar-refractivity contribution >= 4 is 35.2 Å². The number of anilines is 1. The molecule has 3 atom stereocenters. The normalized spacial score (nSPS) is 25.5. The molecule has 3 aromatic heterocycles. The number of hydrogen-bond donors (Lipinski definition) is 1. The summed E-state index contributed by atoms with van der Waals surface area (Å²) in [6, 6.07) is 0.744. The van der Waals surface area contributed by atoms with Crippen molar-refractivity contribution < 1.29 is 4.74 Å². The molecule has 5 heterocycles. The van der Waals surface area contributed by atoms with E-state index in [-0.39, 0.29) is 18.5 Å². The van der Waals surface area contributed by atoms with E-state index < -0.39 is 0 Å². The molecule has 5 rings (SSSR count). The summed E-state index contributed by atoms with van der Waals surface area (Å²) >= 11 is 0. The van der Waals surface area contributed by atoms with Crippen molar-refractivity contribution in [2.45, 2.75) is 58.3 Å². The van der Waals surface area contributed by atoms with Crippen LogP contribution in [-0.4, -0.2) is 67.0 Å². The van der Waals surface area contributed by atoms with Gasteiger partial charge in [0, 0.05) is 31.8 Å². The van der Waals surface area contributed by atoms with Crippen molar-refractivity contribution in [1.82, 2.24) is 34.4 Å². The minimum absolute atomic E-state index is 0. The third kappa shape index (κ3) is 3.11. The van der Waals surface area contributed by atoms with Crippen molar-refractivity contribution in [3.63, 3.8) is 0 Å². The van der Waals surface area contributed by atoms with E-state index in [1.807, 2.05) is 4.40 Å². The van der Waals surface area contributed by atoms with Gasteiger partial charge in [0.05, 0.1) is 12.6 Å². The molecule has 0 amide bonds. The lowest BCUT2D eigenvalue weighted by molar-refractivity contribution is 0.0972. The predicted octanol–water partition coefficient (Wildman–Crippen LogP) is 1.57. The molecule has 0 bridgehead atoms. The maximum atomic E-state index is 5.88. The van der Waals surface area contributed by atoms with Crippen molar-refractivity contribution in [2.75, 3.05) is 24.6 Å². The van der Waals surface area contributed by atoms with Crippen LogP contribution in [-0.2, 0) is 11.3 Å². The highest BCUT2D eigenvalue weighted by atomic mass is 35.5. The molecular weight excluding hydrogens is 380 g/mol. The van der Waals surface area contributed by atoms with Gasteiger partial charge in [-0.25, -0.2) is 9.38 Å². The summed E-state index contributed by atoms with van der Waals surface area (Å²) in [4.78, 5) is 12.1. The first-order valence-corrected chi connectivity index (χ1v) is 9.80. The van der Waals surface area contributed by atoms with Crippen LogP contribution < -0.4 is 10.2 Å². The smallest absolute Gasteiger partial charge is 0.258 e. The third-order valence-electron chi connectivity index (χ3n) is 5.75. The molecule has 28 heavy (non-hydrogen) atoms. The predicted molar refractivity (Wildman–Crippen MR) is 109 cm³/mol. The Kier molecular flexibility index (Phi) is 5.15. The second-order valence-corrected chi connectivity index (χ2v) is 7.82. The molecule has 0 aromatic carbocycles. The van der Waals surface area contributed by atoms with Gasteiger partial charge in [0.25, 0.3) is 5.78 Å². The molecule has 2 fully saturated rings. The first-order chi connectivity index (χ1) is 13.1. The largest absolute Gasteiger partial charge is 0.376 e. The number of halogens is 1. The highest BCUT2D eigenvalue weighted by molar-refractivity contribution is 5.87. The van der Waals surface area contributed by atoms with Gasteiger partial charge in [-0.05, 0) is 33.6 Å². The number of imidazole rings is 1. The minimum atomic E-state index is 0. The zero-order chi connectivity index (χ0) is 18.5. The molecule has 152 valence electrons. The van der Waals surface area contributed by atoms with Crippen molar-refractivity contribution in [3.8, 4) is 0 Å². The molecule has 2 aliphatic rings. The second-order valence-electron chi connectivity index (χ2n) is 7.82. The van der Waals surface area contributed by atoms with Gasteiger partial charge in [0.15, 0.2) is 11.5 Å². The van der Waals surface area contributed by atoms with E-state index in [1.54, 1.807) is 6.33 Å². The zero-order valence-corrected chi connectivity index (χ0v) is 17.3. The maximum absolute atomic E-state index is 5.88. The Balaban J connectivity index is 0.00000192. The monoisotopic (exact) mass is 406 g/mol. The van der Waals surface area contributed by atoms with Gasteiger partial charge in [-0.1, -0.05) is 0 Å². The second kappa shape index (κ2) is 7.46. The van der Waals surface area contributed by atoms with Crippen molar-refractivity contribution in [1.29, 1.82) is 0 Å². The van der Waals surface area contributed by atoms with Crippen LogP contribution >= 0.6 is 12.4 Å². The van der Waals surface area contributed by atoms with Crippen LogP contribution in [0.4, 0.5) is 5.82 Å². The molecule has 0 saturated carbocycles. The SMILES string of the molecule is Cc1nc2c(N3C[C@@H](C)NC[C@@H]3C)nc3nncn3c2n1C[C@@H]1CCCO1.Cl. The summed E-state index contributed by atoms with van der Waals surface area (Å²) in [5.74, 6) is 2.49. The molecule has 3 aromatic rings. The number of nitrogens with zero attached hydrogens (tertiary/aromatic N) is 7. The first-order valence-electron chi connectivity index (χ1n) is 9.80. The van der Waals surface area contributed by atoms with E-state index >= 15 is 0 Å². The average molecular weight is 407 g/mol. The molecule has 10 heteroatoms. The molecule has 0 aliphatic carbocycles. The minimum Gasteiger partial charge on any atom is -0.376 e. The fourth-order valence-electron chi connectivity index (χ4n) is 4.28. The van der Waals surface area contributed by atoms with Crippen LogP contribution in [0.15, 0.2) is 6.33 Å². The van der Waals surface area contributed by atoms with Gasteiger partial charge in [-0.15, -0.1) is 22.6 Å². The Morgan fingerprint density at radius 2 is 2.14 bits per heavy atom. The van der Waals surface area contributed by atoms with Crippen LogP contribution in [0.1, 0.15) is 32.5 Å². The summed E-state index contributed by atoms with van der Waals surface area (Å²) in [6.45, 7) is 9.94. The highest BCUT2D eigenvalue weighted by Gasteiger charge is 2.29. The van der Waals surface area contributed by atoms with Gasteiger partial charge < -0.3 is 19.5 Å². The quantitative estimate of drug-likeness (QED) is 0.706. The third-order valence-corrected chi connectivity index (χ3v) is 5.75. The molecule has 2 saturated heterocycles. The molecule has 0 spiro atoms. The summed E-state index contributed by atoms with van der Waals surface area (Å²) in [7, 11) is 0. The number of nitrogens with one attached hydrogen (secondary N) is 1. The van der Waals surface area contributed by atoms with Gasteiger partial charge in [0.1, 0.15) is 17.7 Å². The fraction of sp³-hybridized carbons (Fsp3) is 0.667. The Labute approximate surface area is 169 Å². The number of aryl methyl sites for hydroxylation is 1. The van der Waals surface area contributed by atoms with Gasteiger partial charge in [-0.2, -0.15) is 4.98 Å². The topological polar surface area (TPSA) is 85.4 Å². The maximum Gasteiger partial charge on any atom is 0.258 e. The lowest BCUT2D eigenvalue weighted by atomic mass is 10.1. The summed E-state index contributed by atoms with van der Waals surface area (Å²) in [5, 5.41) is 11.9. The van der Waals surface area contributed by atoms with Gasteiger partial charge >= 0.3 is 0 Å². The lowest BCUT2D eigenvalue weighted by Gasteiger charge is -2.38. The molecule has 0 radical (unpaired) electrons. The van der Waals surface area contributed by atoms with Crippen molar-refractivity contribution in [3.05, 3.63) is 12.2 Å². The summed E-state index contributed by atoms with van der Waals surface area (Å²) in [5.41, 5.74) is 1.92. The highest BCUT2D eigenvalue weighted by Crippen LogP contribution is 2.29. The molecule has 2 aliphatic heterocycles. The van der Waals surface area contributed by atoms with E-state index in [1.165, 1.54) is 0 Å². The Morgan fingerprint density at radius 3 is 2.93 bits per heavy atom. The average Bonchev–Trinajstić information content (AvgIpc) is 3.38. The number of hydrogen-bond acceptors (Lipinski definition) is 7. The Bertz CT molecular complexity index is 979. The summed E-state index contributed by atoms with van der Waals surface area (Å²) < 4.78 is 10.1. The Morgan fingerprint density at radius 1 is 1.29 bits per heavy atom.